The van der Waals surface area contributed by atoms with Crippen LogP contribution in [-0.2, 0) is 26.2 Å². The van der Waals surface area contributed by atoms with Crippen LogP contribution >= 0.6 is 0 Å². The van der Waals surface area contributed by atoms with Crippen LogP contribution in [0.1, 0.15) is 62.1 Å². The normalized spacial score (nSPS) is 19.2. The van der Waals surface area contributed by atoms with Crippen molar-refractivity contribution >= 4 is 28.7 Å². The number of carbonyl (C=O) groups is 3. The Bertz CT molecular complexity index is 1420. The van der Waals surface area contributed by atoms with Crippen LogP contribution in [0.3, 0.4) is 0 Å². The number of H-pyrrole nitrogens is 1. The number of piperidine rings is 1. The molecule has 1 spiro atoms. The molecule has 39 heavy (non-hydrogen) atoms. The zero-order chi connectivity index (χ0) is 27.9. The van der Waals surface area contributed by atoms with E-state index in [0.29, 0.717) is 31.3 Å². The summed E-state index contributed by atoms with van der Waals surface area (Å²) in [5.74, 6) is -1.87. The molecule has 1 saturated heterocycles. The monoisotopic (exact) mass is 534 g/mol. The number of fused-ring (bicyclic) bond motifs is 3. The van der Waals surface area contributed by atoms with Crippen molar-refractivity contribution in [2.75, 3.05) is 13.1 Å². The van der Waals surface area contributed by atoms with Crippen molar-refractivity contribution in [3.8, 4) is 0 Å². The number of nitrogens with two attached hydrogens (primary N) is 1. The number of carboxylic acid groups (broad SMARTS) is 1. The van der Waals surface area contributed by atoms with Crippen LogP contribution in [0.25, 0.3) is 10.9 Å². The Morgan fingerprint density at radius 1 is 1.21 bits per heavy atom. The number of hydrogen-bond acceptors (Lipinski definition) is 4. The molecule has 2 atom stereocenters. The topological polar surface area (TPSA) is 129 Å². The SMILES string of the molecule is CC(C)(N)C(=O)NC(Cc1c[nH]c2ccc(F)cc12)C(=O)N1CCC2(CC1)C[C@H](CC(=O)O)c1ccccc12. The van der Waals surface area contributed by atoms with Gasteiger partial charge in [0.15, 0.2) is 0 Å². The molecule has 0 bridgehead atoms. The number of nitrogens with one attached hydrogen (secondary N) is 2. The molecular formula is C30H35FN4O4. The lowest BCUT2D eigenvalue weighted by Gasteiger charge is -2.41. The highest BCUT2D eigenvalue weighted by molar-refractivity contribution is 5.92. The summed E-state index contributed by atoms with van der Waals surface area (Å²) in [7, 11) is 0. The second-order valence-electron chi connectivity index (χ2n) is 11.6. The summed E-state index contributed by atoms with van der Waals surface area (Å²) < 4.78 is 14.0. The number of amides is 2. The van der Waals surface area contributed by atoms with Gasteiger partial charge in [-0.15, -0.1) is 0 Å². The first-order valence-electron chi connectivity index (χ1n) is 13.4. The van der Waals surface area contributed by atoms with Crippen LogP contribution in [0, 0.1) is 5.82 Å². The predicted molar refractivity (Wildman–Crippen MR) is 146 cm³/mol. The maximum absolute atomic E-state index is 14.0. The molecule has 1 fully saturated rings. The number of aromatic nitrogens is 1. The fourth-order valence-corrected chi connectivity index (χ4v) is 6.35. The lowest BCUT2D eigenvalue weighted by atomic mass is 9.73. The first-order valence-corrected chi connectivity index (χ1v) is 13.4. The van der Waals surface area contributed by atoms with Gasteiger partial charge in [-0.25, -0.2) is 4.39 Å². The first-order chi connectivity index (χ1) is 18.5. The van der Waals surface area contributed by atoms with Crippen LogP contribution in [0.5, 0.6) is 0 Å². The number of aromatic amines is 1. The molecule has 8 nitrogen and oxygen atoms in total. The molecule has 1 aliphatic heterocycles. The van der Waals surface area contributed by atoms with E-state index in [0.717, 1.165) is 23.1 Å². The smallest absolute Gasteiger partial charge is 0.303 e. The Morgan fingerprint density at radius 2 is 1.92 bits per heavy atom. The lowest BCUT2D eigenvalue weighted by molar-refractivity contribution is -0.138. The molecule has 2 aromatic carbocycles. The summed E-state index contributed by atoms with van der Waals surface area (Å²) in [6.45, 7) is 4.16. The van der Waals surface area contributed by atoms with E-state index < -0.39 is 23.5 Å². The highest BCUT2D eigenvalue weighted by Gasteiger charge is 2.46. The molecule has 9 heteroatoms. The van der Waals surface area contributed by atoms with Gasteiger partial charge in [-0.3, -0.25) is 14.4 Å². The van der Waals surface area contributed by atoms with Gasteiger partial charge in [-0.1, -0.05) is 24.3 Å². The van der Waals surface area contributed by atoms with Gasteiger partial charge in [0, 0.05) is 36.6 Å². The number of benzene rings is 2. The van der Waals surface area contributed by atoms with E-state index in [9.17, 15) is 23.9 Å². The Labute approximate surface area is 226 Å². The van der Waals surface area contributed by atoms with E-state index in [-0.39, 0.29) is 35.9 Å². The van der Waals surface area contributed by atoms with E-state index in [1.165, 1.54) is 17.7 Å². The number of hydrogen-bond donors (Lipinski definition) is 4. The summed E-state index contributed by atoms with van der Waals surface area (Å²) in [6, 6.07) is 11.6. The first kappa shape index (κ1) is 26.9. The molecule has 0 radical (unpaired) electrons. The van der Waals surface area contributed by atoms with Crippen LogP contribution in [0.2, 0.25) is 0 Å². The van der Waals surface area contributed by atoms with Gasteiger partial charge in [0.2, 0.25) is 11.8 Å². The van der Waals surface area contributed by atoms with Gasteiger partial charge in [0.05, 0.1) is 12.0 Å². The van der Waals surface area contributed by atoms with Gasteiger partial charge >= 0.3 is 5.97 Å². The van der Waals surface area contributed by atoms with E-state index in [1.807, 2.05) is 18.2 Å². The van der Waals surface area contributed by atoms with Gasteiger partial charge in [-0.05, 0) is 79.3 Å². The van der Waals surface area contributed by atoms with E-state index in [4.69, 9.17) is 5.73 Å². The van der Waals surface area contributed by atoms with Crippen molar-refractivity contribution in [2.24, 2.45) is 5.73 Å². The van der Waals surface area contributed by atoms with Crippen molar-refractivity contribution in [3.63, 3.8) is 0 Å². The van der Waals surface area contributed by atoms with E-state index in [1.54, 1.807) is 31.0 Å². The average Bonchev–Trinajstić information content (AvgIpc) is 3.41. The molecule has 1 aromatic heterocycles. The summed E-state index contributed by atoms with van der Waals surface area (Å²) in [5, 5.41) is 13.0. The van der Waals surface area contributed by atoms with Crippen LogP contribution in [-0.4, -0.2) is 57.4 Å². The second kappa shape index (κ2) is 10.1. The lowest BCUT2D eigenvalue weighted by Crippen LogP contribution is -2.58. The number of carboxylic acids is 1. The molecule has 5 N–H and O–H groups in total. The third kappa shape index (κ3) is 5.28. The molecule has 2 aliphatic rings. The highest BCUT2D eigenvalue weighted by Crippen LogP contribution is 2.52. The molecule has 3 aromatic rings. The van der Waals surface area contributed by atoms with Crippen LogP contribution in [0.4, 0.5) is 4.39 Å². The van der Waals surface area contributed by atoms with Crippen molar-refractivity contribution in [2.45, 2.75) is 68.9 Å². The number of carbonyl (C=O) groups excluding carboxylic acids is 2. The summed E-state index contributed by atoms with van der Waals surface area (Å²) in [5.41, 5.74) is 8.45. The molecular weight excluding hydrogens is 499 g/mol. The predicted octanol–water partition coefficient (Wildman–Crippen LogP) is 3.59. The molecule has 5 rings (SSSR count). The minimum atomic E-state index is -1.18. The standard InChI is InChI=1S/C30H35FN4O4/c1-29(2,32)28(39)34-25(13-19-17-33-24-8-7-20(31)15-22(19)24)27(38)35-11-9-30(10-12-35)16-18(14-26(36)37)21-5-3-4-6-23(21)30/h3-8,15,17-18,25,33H,9-14,16,32H2,1-2H3,(H,34,39)(H,36,37)/t18-,25?/m0/s1. The molecule has 2 heterocycles. The van der Waals surface area contributed by atoms with Gasteiger partial charge in [0.1, 0.15) is 11.9 Å². The quantitative estimate of drug-likeness (QED) is 0.368. The molecule has 1 aliphatic carbocycles. The third-order valence-corrected chi connectivity index (χ3v) is 8.40. The Hall–Kier alpha value is -3.72. The Morgan fingerprint density at radius 3 is 2.62 bits per heavy atom. The number of halogens is 1. The highest BCUT2D eigenvalue weighted by atomic mass is 19.1. The van der Waals surface area contributed by atoms with E-state index in [2.05, 4.69) is 16.4 Å². The van der Waals surface area contributed by atoms with Gasteiger partial charge < -0.3 is 26.0 Å². The molecule has 2 amide bonds. The molecule has 206 valence electrons. The summed E-state index contributed by atoms with van der Waals surface area (Å²) in [4.78, 5) is 43.1. The van der Waals surface area contributed by atoms with Gasteiger partial charge in [-0.2, -0.15) is 0 Å². The maximum atomic E-state index is 14.0. The minimum Gasteiger partial charge on any atom is -0.481 e. The fraction of sp³-hybridized carbons (Fsp3) is 0.433. The van der Waals surface area contributed by atoms with Crippen molar-refractivity contribution in [3.05, 3.63) is 71.2 Å². The number of rotatable bonds is 7. The second-order valence-corrected chi connectivity index (χ2v) is 11.6. The average molecular weight is 535 g/mol. The third-order valence-electron chi connectivity index (χ3n) is 8.40. The van der Waals surface area contributed by atoms with E-state index >= 15 is 0 Å². The maximum Gasteiger partial charge on any atom is 0.303 e. The zero-order valence-electron chi connectivity index (χ0n) is 22.3. The minimum absolute atomic E-state index is 0.0398. The van der Waals surface area contributed by atoms with Gasteiger partial charge in [0.25, 0.3) is 0 Å². The molecule has 0 saturated carbocycles. The van der Waals surface area contributed by atoms with Crippen LogP contribution < -0.4 is 11.1 Å². The number of aliphatic carboxylic acids is 1. The number of nitrogens with zero attached hydrogens (tertiary/aromatic N) is 1. The molecule has 1 unspecified atom stereocenters. The number of likely N-dealkylation sites (tertiary alicyclic amines) is 1. The van der Waals surface area contributed by atoms with Crippen molar-refractivity contribution < 1.29 is 23.9 Å². The van der Waals surface area contributed by atoms with Crippen LogP contribution in [0.15, 0.2) is 48.7 Å². The fourth-order valence-electron chi connectivity index (χ4n) is 6.35. The Kier molecular flexibility index (Phi) is 6.97. The van der Waals surface area contributed by atoms with Crippen molar-refractivity contribution in [1.82, 2.24) is 15.2 Å². The largest absolute Gasteiger partial charge is 0.481 e. The summed E-state index contributed by atoms with van der Waals surface area (Å²) in [6.07, 6.45) is 4.21. The van der Waals surface area contributed by atoms with Crippen molar-refractivity contribution in [1.29, 1.82) is 0 Å². The zero-order valence-corrected chi connectivity index (χ0v) is 22.3. The summed E-state index contributed by atoms with van der Waals surface area (Å²) >= 11 is 0. The Balaban J connectivity index is 1.36.